The first-order valence-corrected chi connectivity index (χ1v) is 5.07. The summed E-state index contributed by atoms with van der Waals surface area (Å²) >= 11 is 0. The molecule has 0 amide bonds. The quantitative estimate of drug-likeness (QED) is 0.578. The number of aromatic hydroxyl groups is 1. The van der Waals surface area contributed by atoms with E-state index in [1.165, 1.54) is 6.92 Å². The lowest BCUT2D eigenvalue weighted by Gasteiger charge is -2.22. The smallest absolute Gasteiger partial charge is 0.342 e. The number of benzene rings is 1. The Bertz CT molecular complexity index is 476. The predicted molar refractivity (Wildman–Crippen MR) is 56.7 cm³/mol. The third-order valence-electron chi connectivity index (χ3n) is 2.66. The SMILES string of the molecule is CC(=O)c1ccc2c(c1O)C(=O)OC(C)C2. The molecular weight excluding hydrogens is 208 g/mol. The summed E-state index contributed by atoms with van der Waals surface area (Å²) in [5, 5.41) is 9.84. The Morgan fingerprint density at radius 3 is 2.81 bits per heavy atom. The van der Waals surface area contributed by atoms with Crippen molar-refractivity contribution in [2.24, 2.45) is 0 Å². The number of cyclic esters (lactones) is 1. The van der Waals surface area contributed by atoms with E-state index in [0.29, 0.717) is 6.42 Å². The van der Waals surface area contributed by atoms with Gasteiger partial charge in [0, 0.05) is 6.42 Å². The van der Waals surface area contributed by atoms with Gasteiger partial charge in [0.25, 0.3) is 0 Å². The average Bonchev–Trinajstić information content (AvgIpc) is 2.15. The number of ether oxygens (including phenoxy) is 1. The molecular formula is C12H12O4. The third-order valence-corrected chi connectivity index (χ3v) is 2.66. The van der Waals surface area contributed by atoms with Crippen molar-refractivity contribution in [3.63, 3.8) is 0 Å². The van der Waals surface area contributed by atoms with Crippen LogP contribution < -0.4 is 0 Å². The lowest BCUT2D eigenvalue weighted by atomic mass is 9.95. The maximum absolute atomic E-state index is 11.6. The molecule has 1 N–H and O–H groups in total. The fourth-order valence-corrected chi connectivity index (χ4v) is 1.91. The highest BCUT2D eigenvalue weighted by Gasteiger charge is 2.28. The molecule has 0 aromatic heterocycles. The van der Waals surface area contributed by atoms with Crippen LogP contribution in [0.3, 0.4) is 0 Å². The largest absolute Gasteiger partial charge is 0.506 e. The van der Waals surface area contributed by atoms with Gasteiger partial charge in [0.1, 0.15) is 17.4 Å². The highest BCUT2D eigenvalue weighted by atomic mass is 16.5. The summed E-state index contributed by atoms with van der Waals surface area (Å²) in [6, 6.07) is 3.24. The molecule has 0 spiro atoms. The monoisotopic (exact) mass is 220 g/mol. The predicted octanol–water partition coefficient (Wildman–Crippen LogP) is 1.70. The van der Waals surface area contributed by atoms with Crippen molar-refractivity contribution >= 4 is 11.8 Å². The number of hydrogen-bond acceptors (Lipinski definition) is 4. The zero-order valence-corrected chi connectivity index (χ0v) is 9.11. The van der Waals surface area contributed by atoms with Crippen LogP contribution in [-0.2, 0) is 11.2 Å². The topological polar surface area (TPSA) is 63.6 Å². The van der Waals surface area contributed by atoms with E-state index >= 15 is 0 Å². The van der Waals surface area contributed by atoms with Gasteiger partial charge in [-0.1, -0.05) is 6.07 Å². The Labute approximate surface area is 92.8 Å². The Hall–Kier alpha value is -1.84. The molecule has 4 heteroatoms. The standard InChI is InChI=1S/C12H12O4/c1-6-5-8-3-4-9(7(2)13)11(14)10(8)12(15)16-6/h3-4,6,14H,5H2,1-2H3. The number of ketones is 1. The molecule has 2 rings (SSSR count). The molecule has 0 saturated carbocycles. The van der Waals surface area contributed by atoms with Crippen molar-refractivity contribution in [1.29, 1.82) is 0 Å². The van der Waals surface area contributed by atoms with Crippen LogP contribution in [-0.4, -0.2) is 23.0 Å². The van der Waals surface area contributed by atoms with E-state index in [1.807, 2.05) is 0 Å². The van der Waals surface area contributed by atoms with Gasteiger partial charge in [0.2, 0.25) is 0 Å². The first-order chi connectivity index (χ1) is 7.50. The first kappa shape index (κ1) is 10.7. The summed E-state index contributed by atoms with van der Waals surface area (Å²) in [6.45, 7) is 3.13. The Morgan fingerprint density at radius 2 is 2.19 bits per heavy atom. The molecule has 4 nitrogen and oxygen atoms in total. The second-order valence-corrected chi connectivity index (χ2v) is 3.97. The summed E-state index contributed by atoms with van der Waals surface area (Å²) in [7, 11) is 0. The van der Waals surface area contributed by atoms with Gasteiger partial charge < -0.3 is 9.84 Å². The zero-order chi connectivity index (χ0) is 11.9. The molecule has 0 radical (unpaired) electrons. The molecule has 0 bridgehead atoms. The molecule has 16 heavy (non-hydrogen) atoms. The molecule has 0 aliphatic carbocycles. The average molecular weight is 220 g/mol. The van der Waals surface area contributed by atoms with Crippen LogP contribution in [0.2, 0.25) is 0 Å². The highest BCUT2D eigenvalue weighted by Crippen LogP contribution is 2.31. The number of fused-ring (bicyclic) bond motifs is 1. The lowest BCUT2D eigenvalue weighted by Crippen LogP contribution is -2.25. The molecule has 0 fully saturated rings. The van der Waals surface area contributed by atoms with Gasteiger partial charge in [0.15, 0.2) is 5.78 Å². The van der Waals surface area contributed by atoms with Gasteiger partial charge in [-0.25, -0.2) is 4.79 Å². The Balaban J connectivity index is 2.61. The van der Waals surface area contributed by atoms with E-state index in [4.69, 9.17) is 4.74 Å². The Morgan fingerprint density at radius 1 is 1.50 bits per heavy atom. The number of rotatable bonds is 1. The third kappa shape index (κ3) is 1.56. The summed E-state index contributed by atoms with van der Waals surface area (Å²) in [6.07, 6.45) is 0.370. The number of phenols is 1. The van der Waals surface area contributed by atoms with Crippen molar-refractivity contribution in [3.8, 4) is 5.75 Å². The normalized spacial score (nSPS) is 18.9. The van der Waals surface area contributed by atoms with Crippen molar-refractivity contribution < 1.29 is 19.4 Å². The Kier molecular flexibility index (Phi) is 2.42. The number of carbonyl (C=O) groups excluding carboxylic acids is 2. The first-order valence-electron chi connectivity index (χ1n) is 5.07. The van der Waals surface area contributed by atoms with Crippen LogP contribution in [0, 0.1) is 0 Å². The lowest BCUT2D eigenvalue weighted by molar-refractivity contribution is 0.0297. The summed E-state index contributed by atoms with van der Waals surface area (Å²) < 4.78 is 5.02. The van der Waals surface area contributed by atoms with E-state index in [2.05, 4.69) is 0 Å². The van der Waals surface area contributed by atoms with Crippen molar-refractivity contribution in [2.75, 3.05) is 0 Å². The summed E-state index contributed by atoms with van der Waals surface area (Å²) in [4.78, 5) is 22.8. The van der Waals surface area contributed by atoms with Crippen LogP contribution in [0.25, 0.3) is 0 Å². The van der Waals surface area contributed by atoms with Crippen molar-refractivity contribution in [3.05, 3.63) is 28.8 Å². The number of Topliss-reactive ketones (excluding diaryl/α,β-unsaturated/α-hetero) is 1. The molecule has 1 aliphatic rings. The minimum atomic E-state index is -0.561. The molecule has 1 aromatic rings. The summed E-state index contributed by atoms with van der Waals surface area (Å²) in [5.41, 5.74) is 1.02. The molecule has 1 heterocycles. The van der Waals surface area contributed by atoms with E-state index in [-0.39, 0.29) is 28.8 Å². The number of hydrogen-bond donors (Lipinski definition) is 1. The van der Waals surface area contributed by atoms with Crippen LogP contribution in [0.15, 0.2) is 12.1 Å². The van der Waals surface area contributed by atoms with Crippen LogP contribution in [0.4, 0.5) is 0 Å². The molecule has 1 unspecified atom stereocenters. The van der Waals surface area contributed by atoms with Gasteiger partial charge >= 0.3 is 5.97 Å². The van der Waals surface area contributed by atoms with E-state index in [0.717, 1.165) is 5.56 Å². The second-order valence-electron chi connectivity index (χ2n) is 3.97. The van der Waals surface area contributed by atoms with Crippen molar-refractivity contribution in [2.45, 2.75) is 26.4 Å². The number of carbonyl (C=O) groups is 2. The van der Waals surface area contributed by atoms with E-state index < -0.39 is 5.97 Å². The van der Waals surface area contributed by atoms with Gasteiger partial charge in [-0.2, -0.15) is 0 Å². The maximum Gasteiger partial charge on any atom is 0.342 e. The van der Waals surface area contributed by atoms with Gasteiger partial charge in [-0.3, -0.25) is 4.79 Å². The molecule has 0 saturated heterocycles. The second kappa shape index (κ2) is 3.63. The molecule has 1 aliphatic heterocycles. The number of esters is 1. The number of phenolic OH excluding ortho intramolecular Hbond substituents is 1. The van der Waals surface area contributed by atoms with Crippen molar-refractivity contribution in [1.82, 2.24) is 0 Å². The van der Waals surface area contributed by atoms with E-state index in [9.17, 15) is 14.7 Å². The van der Waals surface area contributed by atoms with Crippen LogP contribution in [0.1, 0.15) is 40.1 Å². The van der Waals surface area contributed by atoms with Gasteiger partial charge in [-0.15, -0.1) is 0 Å². The molecule has 84 valence electrons. The molecule has 1 atom stereocenters. The van der Waals surface area contributed by atoms with E-state index in [1.54, 1.807) is 19.1 Å². The fourth-order valence-electron chi connectivity index (χ4n) is 1.91. The van der Waals surface area contributed by atoms with Crippen LogP contribution >= 0.6 is 0 Å². The van der Waals surface area contributed by atoms with Gasteiger partial charge in [-0.05, 0) is 25.5 Å². The fraction of sp³-hybridized carbons (Fsp3) is 0.333. The molecule has 1 aromatic carbocycles. The summed E-state index contributed by atoms with van der Waals surface area (Å²) in [5.74, 6) is -1.09. The van der Waals surface area contributed by atoms with Gasteiger partial charge in [0.05, 0.1) is 5.56 Å². The zero-order valence-electron chi connectivity index (χ0n) is 9.11. The highest BCUT2D eigenvalue weighted by molar-refractivity contribution is 6.03. The van der Waals surface area contributed by atoms with Crippen LogP contribution in [0.5, 0.6) is 5.75 Å². The maximum atomic E-state index is 11.6. The minimum Gasteiger partial charge on any atom is -0.506 e. The minimum absolute atomic E-state index is 0.130.